The lowest BCUT2D eigenvalue weighted by Crippen LogP contribution is -2.31. The molecule has 0 bridgehead atoms. The molecule has 5 nitrogen and oxygen atoms in total. The summed E-state index contributed by atoms with van der Waals surface area (Å²) in [5, 5.41) is 1.19. The van der Waals surface area contributed by atoms with Gasteiger partial charge in [0.2, 0.25) is 0 Å². The molecule has 1 aliphatic rings. The number of hydrogen-bond acceptors (Lipinski definition) is 3. The number of carbonyl (C=O) groups excluding carboxylic acids is 2. The summed E-state index contributed by atoms with van der Waals surface area (Å²) < 4.78 is 0. The second-order valence-corrected chi connectivity index (χ2v) is 3.48. The molecule has 0 saturated carbocycles. The Balaban J connectivity index is 2.39. The minimum Gasteiger partial charge on any atom is -0.399 e. The fourth-order valence-electron chi connectivity index (χ4n) is 1.62. The highest BCUT2D eigenvalue weighted by Crippen LogP contribution is 2.23. The second kappa shape index (κ2) is 3.27. The van der Waals surface area contributed by atoms with Crippen molar-refractivity contribution >= 4 is 17.5 Å². The van der Waals surface area contributed by atoms with Crippen LogP contribution in [0.2, 0.25) is 0 Å². The predicted octanol–water partition coefficient (Wildman–Crippen LogP) is -0.144. The van der Waals surface area contributed by atoms with E-state index in [4.69, 9.17) is 5.73 Å². The van der Waals surface area contributed by atoms with Crippen molar-refractivity contribution in [2.45, 2.75) is 5.92 Å². The summed E-state index contributed by atoms with van der Waals surface area (Å²) in [5.74, 6) is -1.34. The molecule has 1 atom stereocenters. The van der Waals surface area contributed by atoms with Gasteiger partial charge in [-0.15, -0.1) is 0 Å². The third kappa shape index (κ3) is 1.52. The summed E-state index contributed by atoms with van der Waals surface area (Å²) in [6.07, 6.45) is 0. The van der Waals surface area contributed by atoms with E-state index in [1.165, 1.54) is 12.1 Å². The highest BCUT2D eigenvalue weighted by molar-refractivity contribution is 6.10. The molecule has 3 N–H and O–H groups in total. The van der Waals surface area contributed by atoms with Crippen molar-refractivity contribution in [1.29, 1.82) is 0 Å². The number of anilines is 1. The van der Waals surface area contributed by atoms with Crippen LogP contribution in [0, 0.1) is 0 Å². The van der Waals surface area contributed by atoms with E-state index in [-0.39, 0.29) is 11.8 Å². The maximum atomic E-state index is 11.6. The smallest absolute Gasteiger partial charge is 0.257 e. The number of nitrogens with zero attached hydrogens (tertiary/aromatic N) is 1. The Kier molecular flexibility index (Phi) is 2.07. The van der Waals surface area contributed by atoms with Crippen molar-refractivity contribution in [3.8, 4) is 0 Å². The lowest BCUT2D eigenvalue weighted by molar-refractivity contribution is -0.129. The van der Waals surface area contributed by atoms with E-state index in [1.54, 1.807) is 24.3 Å². The van der Waals surface area contributed by atoms with E-state index >= 15 is 0 Å². The molecule has 15 heavy (non-hydrogen) atoms. The van der Waals surface area contributed by atoms with Crippen molar-refractivity contribution in [3.05, 3.63) is 29.8 Å². The van der Waals surface area contributed by atoms with Crippen molar-refractivity contribution < 1.29 is 9.59 Å². The molecule has 1 aromatic carbocycles. The molecule has 1 unspecified atom stereocenters. The van der Waals surface area contributed by atoms with E-state index in [9.17, 15) is 9.59 Å². The summed E-state index contributed by atoms with van der Waals surface area (Å²) in [4.78, 5) is 23.1. The highest BCUT2D eigenvalue weighted by atomic mass is 16.2. The number of nitrogens with two attached hydrogens (primary N) is 1. The van der Waals surface area contributed by atoms with Crippen LogP contribution in [0.15, 0.2) is 24.3 Å². The van der Waals surface area contributed by atoms with Gasteiger partial charge in [0.25, 0.3) is 11.8 Å². The summed E-state index contributed by atoms with van der Waals surface area (Å²) >= 11 is 0. The van der Waals surface area contributed by atoms with Gasteiger partial charge in [-0.1, -0.05) is 12.1 Å². The molecular formula is C10H11N3O2. The fourth-order valence-corrected chi connectivity index (χ4v) is 1.62. The zero-order valence-corrected chi connectivity index (χ0v) is 8.23. The van der Waals surface area contributed by atoms with Gasteiger partial charge in [-0.25, -0.2) is 0 Å². The molecule has 2 amide bonds. The molecule has 2 rings (SSSR count). The van der Waals surface area contributed by atoms with Crippen LogP contribution in [0.4, 0.5) is 5.69 Å². The molecule has 0 spiro atoms. The molecule has 5 heteroatoms. The van der Waals surface area contributed by atoms with Gasteiger partial charge in [0.1, 0.15) is 5.92 Å². The molecule has 0 aliphatic carbocycles. The first kappa shape index (κ1) is 9.51. The zero-order chi connectivity index (χ0) is 11.0. The van der Waals surface area contributed by atoms with Crippen molar-refractivity contribution in [3.63, 3.8) is 0 Å². The molecule has 0 radical (unpaired) electrons. The number of benzene rings is 1. The zero-order valence-electron chi connectivity index (χ0n) is 8.23. The third-order valence-electron chi connectivity index (χ3n) is 2.36. The Morgan fingerprint density at radius 2 is 2.13 bits per heavy atom. The topological polar surface area (TPSA) is 75.4 Å². The average Bonchev–Trinajstić information content (AvgIpc) is 2.41. The maximum absolute atomic E-state index is 11.6. The first-order valence-corrected chi connectivity index (χ1v) is 4.53. The van der Waals surface area contributed by atoms with E-state index in [1.807, 2.05) is 0 Å². The first-order chi connectivity index (χ1) is 7.09. The normalized spacial score (nSPS) is 20.6. The largest absolute Gasteiger partial charge is 0.399 e. The number of likely N-dealkylation sites (N-methyl/N-ethyl adjacent to an activating group) is 1. The van der Waals surface area contributed by atoms with E-state index in [0.29, 0.717) is 11.3 Å². The summed E-state index contributed by atoms with van der Waals surface area (Å²) in [6, 6.07) is 6.80. The molecule has 1 fully saturated rings. The third-order valence-corrected chi connectivity index (χ3v) is 2.36. The summed E-state index contributed by atoms with van der Waals surface area (Å²) in [7, 11) is 1.52. The number of nitrogens with one attached hydrogen (secondary N) is 1. The second-order valence-electron chi connectivity index (χ2n) is 3.48. The highest BCUT2D eigenvalue weighted by Gasteiger charge is 2.38. The maximum Gasteiger partial charge on any atom is 0.257 e. The van der Waals surface area contributed by atoms with E-state index in [2.05, 4.69) is 5.43 Å². The van der Waals surface area contributed by atoms with Crippen LogP contribution in [-0.4, -0.2) is 23.9 Å². The number of carbonyl (C=O) groups is 2. The molecule has 1 saturated heterocycles. The van der Waals surface area contributed by atoms with E-state index < -0.39 is 5.92 Å². The van der Waals surface area contributed by atoms with Gasteiger partial charge in [0, 0.05) is 12.7 Å². The molecule has 0 aromatic heterocycles. The van der Waals surface area contributed by atoms with Gasteiger partial charge in [-0.05, 0) is 17.7 Å². The fraction of sp³-hybridized carbons (Fsp3) is 0.200. The van der Waals surface area contributed by atoms with Crippen LogP contribution in [0.3, 0.4) is 0 Å². The predicted molar refractivity (Wildman–Crippen MR) is 54.5 cm³/mol. The molecular weight excluding hydrogens is 194 g/mol. The Morgan fingerprint density at radius 3 is 2.67 bits per heavy atom. The number of amides is 2. The lowest BCUT2D eigenvalue weighted by Gasteiger charge is -2.07. The SMILES string of the molecule is CN1NC(=O)C(c2cccc(N)c2)C1=O. The molecule has 1 aliphatic heterocycles. The quantitative estimate of drug-likeness (QED) is 0.494. The van der Waals surface area contributed by atoms with Crippen LogP contribution in [0.5, 0.6) is 0 Å². The summed E-state index contributed by atoms with van der Waals surface area (Å²) in [6.45, 7) is 0. The van der Waals surface area contributed by atoms with Crippen LogP contribution < -0.4 is 11.2 Å². The van der Waals surface area contributed by atoms with Crippen molar-refractivity contribution in [1.82, 2.24) is 10.4 Å². The van der Waals surface area contributed by atoms with Gasteiger partial charge >= 0.3 is 0 Å². The van der Waals surface area contributed by atoms with Crippen molar-refractivity contribution in [2.75, 3.05) is 12.8 Å². The molecule has 78 valence electrons. The molecule has 1 heterocycles. The van der Waals surface area contributed by atoms with Crippen LogP contribution in [0.25, 0.3) is 0 Å². The standard InChI is InChI=1S/C10H11N3O2/c1-13-10(15)8(9(14)12-13)6-3-2-4-7(11)5-6/h2-5,8H,11H2,1H3,(H,12,14). The average molecular weight is 205 g/mol. The molecule has 1 aromatic rings. The minimum absolute atomic E-state index is 0.259. The van der Waals surface area contributed by atoms with Gasteiger partial charge in [-0.3, -0.25) is 20.0 Å². The Labute approximate surface area is 86.8 Å². The van der Waals surface area contributed by atoms with Gasteiger partial charge in [-0.2, -0.15) is 0 Å². The Hall–Kier alpha value is -2.04. The van der Waals surface area contributed by atoms with Gasteiger partial charge < -0.3 is 5.73 Å². The Morgan fingerprint density at radius 1 is 1.40 bits per heavy atom. The van der Waals surface area contributed by atoms with Crippen molar-refractivity contribution in [2.24, 2.45) is 0 Å². The van der Waals surface area contributed by atoms with Gasteiger partial charge in [0.15, 0.2) is 0 Å². The Bertz CT molecular complexity index is 430. The van der Waals surface area contributed by atoms with Crippen LogP contribution in [-0.2, 0) is 9.59 Å². The lowest BCUT2D eigenvalue weighted by atomic mass is 9.98. The van der Waals surface area contributed by atoms with Crippen LogP contribution >= 0.6 is 0 Å². The number of hydrazine groups is 1. The van der Waals surface area contributed by atoms with Crippen LogP contribution in [0.1, 0.15) is 11.5 Å². The van der Waals surface area contributed by atoms with Gasteiger partial charge in [0.05, 0.1) is 0 Å². The van der Waals surface area contributed by atoms with E-state index in [0.717, 1.165) is 0 Å². The number of nitrogen functional groups attached to an aromatic ring is 1. The number of rotatable bonds is 1. The first-order valence-electron chi connectivity index (χ1n) is 4.53. The summed E-state index contributed by atoms with van der Waals surface area (Å²) in [5.41, 5.74) is 9.20. The number of hydrogen-bond donors (Lipinski definition) is 2. The minimum atomic E-state index is -0.765. The monoisotopic (exact) mass is 205 g/mol.